The van der Waals surface area contributed by atoms with Crippen LogP contribution in [-0.2, 0) is 6.54 Å². The van der Waals surface area contributed by atoms with Gasteiger partial charge in [0.25, 0.3) is 5.56 Å². The van der Waals surface area contributed by atoms with Crippen molar-refractivity contribution in [3.05, 3.63) is 39.4 Å². The van der Waals surface area contributed by atoms with Crippen molar-refractivity contribution in [3.8, 4) is 0 Å². The molecule has 0 amide bonds. The maximum absolute atomic E-state index is 12.7. The SMILES string of the molecule is C[C@H](N)c1nc2cccc(Cl)c2c(=O)n1CCN(C)C. The number of hydrogen-bond donors (Lipinski definition) is 1. The molecule has 2 N–H and O–H groups in total. The zero-order chi connectivity index (χ0) is 14.9. The van der Waals surface area contributed by atoms with E-state index in [1.807, 2.05) is 25.9 Å². The molecule has 0 radical (unpaired) electrons. The van der Waals surface area contributed by atoms with E-state index in [1.54, 1.807) is 22.8 Å². The Morgan fingerprint density at radius 2 is 2.15 bits per heavy atom. The molecule has 1 aromatic carbocycles. The van der Waals surface area contributed by atoms with E-state index in [9.17, 15) is 4.79 Å². The quantitative estimate of drug-likeness (QED) is 0.931. The van der Waals surface area contributed by atoms with Gasteiger partial charge in [-0.15, -0.1) is 0 Å². The number of likely N-dealkylation sites (N-methyl/N-ethyl adjacent to an activating group) is 1. The Morgan fingerprint density at radius 3 is 2.75 bits per heavy atom. The van der Waals surface area contributed by atoms with Crippen molar-refractivity contribution in [2.45, 2.75) is 19.5 Å². The fraction of sp³-hybridized carbons (Fsp3) is 0.429. The first-order chi connectivity index (χ1) is 9.41. The number of hydrogen-bond acceptors (Lipinski definition) is 4. The molecule has 0 spiro atoms. The first-order valence-corrected chi connectivity index (χ1v) is 6.89. The van der Waals surface area contributed by atoms with E-state index in [0.717, 1.165) is 6.54 Å². The Bertz CT molecular complexity index is 679. The zero-order valence-electron chi connectivity index (χ0n) is 11.9. The van der Waals surface area contributed by atoms with Crippen LogP contribution in [0.3, 0.4) is 0 Å². The number of halogens is 1. The summed E-state index contributed by atoms with van der Waals surface area (Å²) >= 11 is 6.13. The van der Waals surface area contributed by atoms with Gasteiger partial charge in [-0.3, -0.25) is 9.36 Å². The number of nitrogens with zero attached hydrogens (tertiary/aromatic N) is 3. The van der Waals surface area contributed by atoms with Crippen molar-refractivity contribution in [2.24, 2.45) is 5.73 Å². The van der Waals surface area contributed by atoms with Gasteiger partial charge in [-0.1, -0.05) is 17.7 Å². The van der Waals surface area contributed by atoms with Crippen LogP contribution in [0.1, 0.15) is 18.8 Å². The predicted octanol–water partition coefficient (Wildman–Crippen LogP) is 1.63. The van der Waals surface area contributed by atoms with Crippen LogP contribution in [0.25, 0.3) is 10.9 Å². The Kier molecular flexibility index (Phi) is 4.42. The van der Waals surface area contributed by atoms with E-state index in [2.05, 4.69) is 4.98 Å². The Hall–Kier alpha value is -1.43. The molecule has 0 fully saturated rings. The molecule has 0 saturated heterocycles. The van der Waals surface area contributed by atoms with Gasteiger partial charge in [0.05, 0.1) is 22.0 Å². The van der Waals surface area contributed by atoms with Crippen LogP contribution in [0.2, 0.25) is 5.02 Å². The first-order valence-electron chi connectivity index (χ1n) is 6.51. The van der Waals surface area contributed by atoms with Crippen LogP contribution < -0.4 is 11.3 Å². The highest BCUT2D eigenvalue weighted by molar-refractivity contribution is 6.35. The van der Waals surface area contributed by atoms with E-state index < -0.39 is 0 Å². The van der Waals surface area contributed by atoms with E-state index in [1.165, 1.54) is 0 Å². The molecular weight excluding hydrogens is 276 g/mol. The van der Waals surface area contributed by atoms with Gasteiger partial charge in [-0.25, -0.2) is 4.98 Å². The van der Waals surface area contributed by atoms with Crippen molar-refractivity contribution in [1.82, 2.24) is 14.5 Å². The van der Waals surface area contributed by atoms with Gasteiger partial charge < -0.3 is 10.6 Å². The Balaban J connectivity index is 2.69. The summed E-state index contributed by atoms with van der Waals surface area (Å²) in [5.41, 5.74) is 6.41. The molecule has 0 aliphatic carbocycles. The Labute approximate surface area is 123 Å². The first kappa shape index (κ1) is 15.0. The van der Waals surface area contributed by atoms with Gasteiger partial charge >= 0.3 is 0 Å². The summed E-state index contributed by atoms with van der Waals surface area (Å²) < 4.78 is 1.62. The van der Waals surface area contributed by atoms with Crippen molar-refractivity contribution in [2.75, 3.05) is 20.6 Å². The molecule has 108 valence electrons. The molecule has 2 rings (SSSR count). The summed E-state index contributed by atoms with van der Waals surface area (Å²) in [5.74, 6) is 0.589. The second-order valence-electron chi connectivity index (χ2n) is 5.15. The summed E-state index contributed by atoms with van der Waals surface area (Å²) in [6, 6.07) is 4.96. The van der Waals surface area contributed by atoms with Crippen LogP contribution in [0.5, 0.6) is 0 Å². The van der Waals surface area contributed by atoms with Crippen molar-refractivity contribution < 1.29 is 0 Å². The minimum absolute atomic E-state index is 0.130. The van der Waals surface area contributed by atoms with E-state index in [0.29, 0.717) is 28.3 Å². The van der Waals surface area contributed by atoms with Gasteiger partial charge in [0.2, 0.25) is 0 Å². The molecule has 0 unspecified atom stereocenters. The van der Waals surface area contributed by atoms with Crippen LogP contribution in [-0.4, -0.2) is 35.1 Å². The highest BCUT2D eigenvalue weighted by atomic mass is 35.5. The predicted molar refractivity (Wildman–Crippen MR) is 82.2 cm³/mol. The smallest absolute Gasteiger partial charge is 0.262 e. The summed E-state index contributed by atoms with van der Waals surface area (Å²) in [7, 11) is 3.91. The summed E-state index contributed by atoms with van der Waals surface area (Å²) in [4.78, 5) is 19.2. The van der Waals surface area contributed by atoms with Crippen molar-refractivity contribution in [3.63, 3.8) is 0 Å². The molecular formula is C14H19ClN4O. The van der Waals surface area contributed by atoms with Gasteiger partial charge in [-0.05, 0) is 33.2 Å². The molecule has 0 aliphatic rings. The van der Waals surface area contributed by atoms with E-state index in [4.69, 9.17) is 17.3 Å². The standard InChI is InChI=1S/C14H19ClN4O/c1-9(16)13-17-11-6-4-5-10(15)12(11)14(20)19(13)8-7-18(2)3/h4-6,9H,7-8,16H2,1-3H3/t9-/m0/s1. The van der Waals surface area contributed by atoms with Gasteiger partial charge in [-0.2, -0.15) is 0 Å². The fourth-order valence-corrected chi connectivity index (χ4v) is 2.35. The third kappa shape index (κ3) is 2.85. The molecule has 6 heteroatoms. The maximum atomic E-state index is 12.7. The summed E-state index contributed by atoms with van der Waals surface area (Å²) in [6.45, 7) is 3.10. The lowest BCUT2D eigenvalue weighted by Gasteiger charge is -2.18. The summed E-state index contributed by atoms with van der Waals surface area (Å²) in [6.07, 6.45) is 0. The molecule has 20 heavy (non-hydrogen) atoms. The highest BCUT2D eigenvalue weighted by Gasteiger charge is 2.15. The zero-order valence-corrected chi connectivity index (χ0v) is 12.7. The minimum Gasteiger partial charge on any atom is -0.322 e. The molecule has 1 aromatic heterocycles. The highest BCUT2D eigenvalue weighted by Crippen LogP contribution is 2.20. The molecule has 2 aromatic rings. The fourth-order valence-electron chi connectivity index (χ4n) is 2.10. The normalized spacial score (nSPS) is 13.1. The molecule has 1 atom stereocenters. The Morgan fingerprint density at radius 1 is 1.45 bits per heavy atom. The average Bonchev–Trinajstić information content (AvgIpc) is 2.36. The van der Waals surface area contributed by atoms with Crippen LogP contribution in [0.15, 0.2) is 23.0 Å². The average molecular weight is 295 g/mol. The van der Waals surface area contributed by atoms with Crippen LogP contribution in [0.4, 0.5) is 0 Å². The lowest BCUT2D eigenvalue weighted by Crippen LogP contribution is -2.32. The molecule has 1 heterocycles. The van der Waals surface area contributed by atoms with Gasteiger partial charge in [0.15, 0.2) is 0 Å². The number of rotatable bonds is 4. The van der Waals surface area contributed by atoms with Crippen LogP contribution >= 0.6 is 11.6 Å². The second kappa shape index (κ2) is 5.91. The van der Waals surface area contributed by atoms with E-state index >= 15 is 0 Å². The van der Waals surface area contributed by atoms with E-state index in [-0.39, 0.29) is 11.6 Å². The van der Waals surface area contributed by atoms with Crippen molar-refractivity contribution in [1.29, 1.82) is 0 Å². The molecule has 0 saturated carbocycles. The number of fused-ring (bicyclic) bond motifs is 1. The third-order valence-electron chi connectivity index (χ3n) is 3.14. The molecule has 0 bridgehead atoms. The minimum atomic E-state index is -0.312. The van der Waals surface area contributed by atoms with Crippen molar-refractivity contribution >= 4 is 22.5 Å². The number of nitrogens with two attached hydrogens (primary N) is 1. The number of benzene rings is 1. The molecule has 0 aliphatic heterocycles. The lowest BCUT2D eigenvalue weighted by atomic mass is 10.2. The largest absolute Gasteiger partial charge is 0.322 e. The maximum Gasteiger partial charge on any atom is 0.262 e. The number of aromatic nitrogens is 2. The third-order valence-corrected chi connectivity index (χ3v) is 3.46. The molecule has 5 nitrogen and oxygen atoms in total. The van der Waals surface area contributed by atoms with Gasteiger partial charge in [0, 0.05) is 13.1 Å². The topological polar surface area (TPSA) is 64.1 Å². The van der Waals surface area contributed by atoms with Gasteiger partial charge in [0.1, 0.15) is 5.82 Å². The second-order valence-corrected chi connectivity index (χ2v) is 5.56. The summed E-state index contributed by atoms with van der Waals surface area (Å²) in [5, 5.41) is 0.882. The van der Waals surface area contributed by atoms with Crippen LogP contribution in [0, 0.1) is 0 Å². The monoisotopic (exact) mass is 294 g/mol. The lowest BCUT2D eigenvalue weighted by molar-refractivity contribution is 0.374.